The molecule has 0 aliphatic heterocycles. The topological polar surface area (TPSA) is 42.0 Å². The molecular formula is C22H22N2O. The zero-order valence-electron chi connectivity index (χ0n) is 14.8. The fraction of sp³-hybridized carbons (Fsp3) is 0.182. The van der Waals surface area contributed by atoms with Gasteiger partial charge in [0.2, 0.25) is 0 Å². The second-order valence-corrected chi connectivity index (χ2v) is 6.26. The molecule has 1 heterocycles. The number of hydrogen-bond donors (Lipinski definition) is 1. The molecule has 0 fully saturated rings. The van der Waals surface area contributed by atoms with Gasteiger partial charge in [0.05, 0.1) is 11.3 Å². The minimum Gasteiger partial charge on any atom is -0.322 e. The Bertz CT molecular complexity index is 881. The SMILES string of the molecule is CCc1ccc(NC(=O)c2ccc(-c3ccc(C)cc3C)nc2)cc1. The van der Waals surface area contributed by atoms with Crippen molar-refractivity contribution in [1.82, 2.24) is 4.98 Å². The highest BCUT2D eigenvalue weighted by Gasteiger charge is 2.09. The fourth-order valence-electron chi connectivity index (χ4n) is 2.82. The van der Waals surface area contributed by atoms with Crippen LogP contribution in [0.4, 0.5) is 5.69 Å². The summed E-state index contributed by atoms with van der Waals surface area (Å²) < 4.78 is 0. The lowest BCUT2D eigenvalue weighted by molar-refractivity contribution is 0.102. The van der Waals surface area contributed by atoms with Crippen molar-refractivity contribution >= 4 is 11.6 Å². The van der Waals surface area contributed by atoms with Crippen LogP contribution in [-0.2, 0) is 6.42 Å². The summed E-state index contributed by atoms with van der Waals surface area (Å²) in [4.78, 5) is 16.8. The summed E-state index contributed by atoms with van der Waals surface area (Å²) in [6, 6.07) is 17.9. The van der Waals surface area contributed by atoms with Crippen molar-refractivity contribution in [1.29, 1.82) is 0 Å². The largest absolute Gasteiger partial charge is 0.322 e. The van der Waals surface area contributed by atoms with Crippen molar-refractivity contribution in [2.24, 2.45) is 0 Å². The van der Waals surface area contributed by atoms with E-state index in [-0.39, 0.29) is 5.91 Å². The highest BCUT2D eigenvalue weighted by molar-refractivity contribution is 6.04. The minimum absolute atomic E-state index is 0.149. The number of nitrogens with zero attached hydrogens (tertiary/aromatic N) is 1. The summed E-state index contributed by atoms with van der Waals surface area (Å²) in [6.45, 7) is 6.26. The molecule has 3 nitrogen and oxygen atoms in total. The van der Waals surface area contributed by atoms with E-state index < -0.39 is 0 Å². The molecule has 0 saturated heterocycles. The molecule has 0 radical (unpaired) electrons. The summed E-state index contributed by atoms with van der Waals surface area (Å²) >= 11 is 0. The average molecular weight is 330 g/mol. The number of aromatic nitrogens is 1. The van der Waals surface area contributed by atoms with Gasteiger partial charge in [0.1, 0.15) is 0 Å². The Balaban J connectivity index is 1.75. The lowest BCUT2D eigenvalue weighted by Crippen LogP contribution is -2.12. The Morgan fingerprint density at radius 3 is 2.36 bits per heavy atom. The summed E-state index contributed by atoms with van der Waals surface area (Å²) in [6.07, 6.45) is 2.61. The van der Waals surface area contributed by atoms with E-state index in [9.17, 15) is 4.79 Å². The molecule has 1 N–H and O–H groups in total. The van der Waals surface area contributed by atoms with Crippen molar-refractivity contribution in [3.63, 3.8) is 0 Å². The highest BCUT2D eigenvalue weighted by Crippen LogP contribution is 2.22. The van der Waals surface area contributed by atoms with Crippen LogP contribution in [0.5, 0.6) is 0 Å². The molecule has 2 aromatic carbocycles. The van der Waals surface area contributed by atoms with Crippen LogP contribution in [0, 0.1) is 13.8 Å². The molecule has 0 saturated carbocycles. The maximum atomic E-state index is 12.4. The molecule has 3 rings (SSSR count). The van der Waals surface area contributed by atoms with Crippen molar-refractivity contribution in [2.75, 3.05) is 5.32 Å². The molecular weight excluding hydrogens is 308 g/mol. The predicted molar refractivity (Wildman–Crippen MR) is 103 cm³/mol. The van der Waals surface area contributed by atoms with Crippen molar-refractivity contribution in [3.8, 4) is 11.3 Å². The van der Waals surface area contributed by atoms with Gasteiger partial charge >= 0.3 is 0 Å². The van der Waals surface area contributed by atoms with Crippen LogP contribution in [0.1, 0.15) is 34.0 Å². The maximum absolute atomic E-state index is 12.4. The monoisotopic (exact) mass is 330 g/mol. The number of anilines is 1. The number of aryl methyl sites for hydroxylation is 3. The standard InChI is InChI=1S/C22H22N2O/c1-4-17-6-9-19(10-7-17)24-22(25)18-8-12-21(23-14-18)20-11-5-15(2)13-16(20)3/h5-14H,4H2,1-3H3,(H,24,25). The fourth-order valence-corrected chi connectivity index (χ4v) is 2.82. The van der Waals surface area contributed by atoms with Crippen LogP contribution in [0.25, 0.3) is 11.3 Å². The second-order valence-electron chi connectivity index (χ2n) is 6.26. The van der Waals surface area contributed by atoms with Crippen LogP contribution in [0.15, 0.2) is 60.8 Å². The van der Waals surface area contributed by atoms with E-state index in [1.165, 1.54) is 16.7 Å². The van der Waals surface area contributed by atoms with Gasteiger partial charge < -0.3 is 5.32 Å². The Morgan fingerprint density at radius 2 is 1.76 bits per heavy atom. The van der Waals surface area contributed by atoms with Crippen molar-refractivity contribution in [2.45, 2.75) is 27.2 Å². The molecule has 3 aromatic rings. The third kappa shape index (κ3) is 3.94. The molecule has 1 amide bonds. The molecule has 0 spiro atoms. The zero-order chi connectivity index (χ0) is 17.8. The van der Waals surface area contributed by atoms with E-state index in [1.807, 2.05) is 36.4 Å². The number of pyridine rings is 1. The summed E-state index contributed by atoms with van der Waals surface area (Å²) in [5.74, 6) is -0.149. The van der Waals surface area contributed by atoms with Gasteiger partial charge in [0.15, 0.2) is 0 Å². The van der Waals surface area contributed by atoms with Gasteiger partial charge in [0.25, 0.3) is 5.91 Å². The van der Waals surface area contributed by atoms with E-state index >= 15 is 0 Å². The number of benzene rings is 2. The van der Waals surface area contributed by atoms with Crippen molar-refractivity contribution < 1.29 is 4.79 Å². The first-order chi connectivity index (χ1) is 12.1. The number of rotatable bonds is 4. The van der Waals surface area contributed by atoms with E-state index in [2.05, 4.69) is 49.3 Å². The molecule has 0 unspecified atom stereocenters. The minimum atomic E-state index is -0.149. The van der Waals surface area contributed by atoms with E-state index in [1.54, 1.807) is 6.20 Å². The normalized spacial score (nSPS) is 10.5. The molecule has 126 valence electrons. The van der Waals surface area contributed by atoms with Crippen LogP contribution in [0.3, 0.4) is 0 Å². The summed E-state index contributed by atoms with van der Waals surface area (Å²) in [5, 5.41) is 2.91. The van der Waals surface area contributed by atoms with Gasteiger partial charge in [-0.25, -0.2) is 0 Å². The number of hydrogen-bond acceptors (Lipinski definition) is 2. The number of carbonyl (C=O) groups excluding carboxylic acids is 1. The quantitative estimate of drug-likeness (QED) is 0.716. The zero-order valence-corrected chi connectivity index (χ0v) is 14.8. The molecule has 0 bridgehead atoms. The Labute approximate surface area is 148 Å². The molecule has 1 aromatic heterocycles. The Kier molecular flexibility index (Phi) is 4.94. The average Bonchev–Trinajstić information content (AvgIpc) is 2.62. The van der Waals surface area contributed by atoms with Gasteiger partial charge in [0, 0.05) is 17.4 Å². The van der Waals surface area contributed by atoms with Gasteiger partial charge in [-0.3, -0.25) is 9.78 Å². The Hall–Kier alpha value is -2.94. The smallest absolute Gasteiger partial charge is 0.257 e. The van der Waals surface area contributed by atoms with Crippen molar-refractivity contribution in [3.05, 3.63) is 83.0 Å². The molecule has 0 aliphatic rings. The van der Waals surface area contributed by atoms with Crippen LogP contribution < -0.4 is 5.32 Å². The van der Waals surface area contributed by atoms with Gasteiger partial charge in [-0.1, -0.05) is 42.8 Å². The summed E-state index contributed by atoms with van der Waals surface area (Å²) in [7, 11) is 0. The van der Waals surface area contributed by atoms with E-state index in [0.29, 0.717) is 5.56 Å². The van der Waals surface area contributed by atoms with Crippen LogP contribution in [0.2, 0.25) is 0 Å². The van der Waals surface area contributed by atoms with Crippen LogP contribution in [-0.4, -0.2) is 10.9 Å². The molecule has 0 aliphatic carbocycles. The van der Waals surface area contributed by atoms with E-state index in [4.69, 9.17) is 0 Å². The molecule has 25 heavy (non-hydrogen) atoms. The number of amides is 1. The predicted octanol–water partition coefficient (Wildman–Crippen LogP) is 5.18. The highest BCUT2D eigenvalue weighted by atomic mass is 16.1. The number of carbonyl (C=O) groups is 1. The number of nitrogens with one attached hydrogen (secondary N) is 1. The van der Waals surface area contributed by atoms with Gasteiger partial charge in [-0.2, -0.15) is 0 Å². The first-order valence-corrected chi connectivity index (χ1v) is 8.51. The Morgan fingerprint density at radius 1 is 1.00 bits per heavy atom. The van der Waals surface area contributed by atoms with Gasteiger partial charge in [-0.15, -0.1) is 0 Å². The first-order valence-electron chi connectivity index (χ1n) is 8.51. The third-order valence-electron chi connectivity index (χ3n) is 4.30. The molecule has 0 atom stereocenters. The van der Waals surface area contributed by atoms with E-state index in [0.717, 1.165) is 23.4 Å². The summed E-state index contributed by atoms with van der Waals surface area (Å²) in [5.41, 5.74) is 6.97. The lowest BCUT2D eigenvalue weighted by Gasteiger charge is -2.08. The first kappa shape index (κ1) is 16.9. The second kappa shape index (κ2) is 7.31. The van der Waals surface area contributed by atoms with Gasteiger partial charge in [-0.05, 0) is 55.7 Å². The lowest BCUT2D eigenvalue weighted by atomic mass is 10.0. The maximum Gasteiger partial charge on any atom is 0.257 e. The van der Waals surface area contributed by atoms with Crippen LogP contribution >= 0.6 is 0 Å². The molecule has 3 heteroatoms. The third-order valence-corrected chi connectivity index (χ3v) is 4.30.